The molecule has 1 heterocycles. The van der Waals surface area contributed by atoms with Gasteiger partial charge in [-0.1, -0.05) is 0 Å². The highest BCUT2D eigenvalue weighted by atomic mass is 32.2. The van der Waals surface area contributed by atoms with Crippen LogP contribution < -0.4 is 5.73 Å². The van der Waals surface area contributed by atoms with Crippen molar-refractivity contribution in [3.63, 3.8) is 0 Å². The lowest BCUT2D eigenvalue weighted by Gasteiger charge is -2.25. The summed E-state index contributed by atoms with van der Waals surface area (Å²) in [5.74, 6) is 0.976. The van der Waals surface area contributed by atoms with Gasteiger partial charge in [-0.05, 0) is 18.2 Å². The van der Waals surface area contributed by atoms with E-state index in [9.17, 15) is 12.8 Å². The van der Waals surface area contributed by atoms with Gasteiger partial charge in [-0.3, -0.25) is 0 Å². The van der Waals surface area contributed by atoms with Gasteiger partial charge in [0.2, 0.25) is 10.0 Å². The lowest BCUT2D eigenvalue weighted by molar-refractivity contribution is 0.443. The third kappa shape index (κ3) is 2.56. The minimum atomic E-state index is -3.53. The van der Waals surface area contributed by atoms with Gasteiger partial charge in [0.05, 0.1) is 10.6 Å². The lowest BCUT2D eigenvalue weighted by atomic mass is 10.3. The summed E-state index contributed by atoms with van der Waals surface area (Å²) in [4.78, 5) is 0.0586. The molecule has 0 aromatic heterocycles. The van der Waals surface area contributed by atoms with E-state index in [2.05, 4.69) is 0 Å². The van der Waals surface area contributed by atoms with Gasteiger partial charge in [0.25, 0.3) is 0 Å². The Morgan fingerprint density at radius 1 is 1.29 bits per heavy atom. The maximum atomic E-state index is 13.0. The molecule has 1 aliphatic rings. The molecule has 0 atom stereocenters. The van der Waals surface area contributed by atoms with Crippen molar-refractivity contribution in [2.24, 2.45) is 0 Å². The van der Waals surface area contributed by atoms with Crippen molar-refractivity contribution in [2.45, 2.75) is 4.90 Å². The number of nitrogen functional groups attached to an aromatic ring is 1. The van der Waals surface area contributed by atoms with Crippen molar-refractivity contribution in [1.29, 1.82) is 0 Å². The maximum absolute atomic E-state index is 13.0. The zero-order valence-electron chi connectivity index (χ0n) is 9.10. The molecule has 0 radical (unpaired) electrons. The number of sulfonamides is 1. The van der Waals surface area contributed by atoms with Gasteiger partial charge in [0.15, 0.2) is 0 Å². The van der Waals surface area contributed by atoms with Crippen LogP contribution in [0.3, 0.4) is 0 Å². The van der Waals surface area contributed by atoms with Crippen molar-refractivity contribution in [3.05, 3.63) is 24.0 Å². The van der Waals surface area contributed by atoms with Crippen LogP contribution in [0.2, 0.25) is 0 Å². The standard InChI is InChI=1S/C10H13FN2O2S2/c11-9-2-1-8(7-10(9)12)17(14,15)13-3-5-16-6-4-13/h1-2,7H,3-6,12H2. The highest BCUT2D eigenvalue weighted by molar-refractivity contribution is 7.99. The van der Waals surface area contributed by atoms with Crippen LogP contribution in [-0.4, -0.2) is 37.3 Å². The molecule has 1 aliphatic heterocycles. The van der Waals surface area contributed by atoms with Gasteiger partial charge >= 0.3 is 0 Å². The molecule has 94 valence electrons. The van der Waals surface area contributed by atoms with E-state index in [-0.39, 0.29) is 10.6 Å². The van der Waals surface area contributed by atoms with Crippen molar-refractivity contribution >= 4 is 27.5 Å². The smallest absolute Gasteiger partial charge is 0.243 e. The van der Waals surface area contributed by atoms with E-state index < -0.39 is 15.8 Å². The molecule has 0 spiro atoms. The maximum Gasteiger partial charge on any atom is 0.243 e. The van der Waals surface area contributed by atoms with E-state index in [4.69, 9.17) is 5.73 Å². The molecular weight excluding hydrogens is 263 g/mol. The molecule has 7 heteroatoms. The molecule has 1 aromatic carbocycles. The average molecular weight is 276 g/mol. The first kappa shape index (κ1) is 12.7. The number of hydrogen-bond acceptors (Lipinski definition) is 4. The number of hydrogen-bond donors (Lipinski definition) is 1. The van der Waals surface area contributed by atoms with Crippen LogP contribution in [0.1, 0.15) is 0 Å². The summed E-state index contributed by atoms with van der Waals surface area (Å²) in [6.07, 6.45) is 0. The Morgan fingerprint density at radius 2 is 1.94 bits per heavy atom. The number of halogens is 1. The lowest BCUT2D eigenvalue weighted by Crippen LogP contribution is -2.37. The van der Waals surface area contributed by atoms with E-state index in [0.717, 1.165) is 17.6 Å². The van der Waals surface area contributed by atoms with Crippen molar-refractivity contribution in [2.75, 3.05) is 30.3 Å². The van der Waals surface area contributed by atoms with Gasteiger partial charge in [0.1, 0.15) is 5.82 Å². The Morgan fingerprint density at radius 3 is 2.53 bits per heavy atom. The highest BCUT2D eigenvalue weighted by Gasteiger charge is 2.26. The number of rotatable bonds is 2. The minimum absolute atomic E-state index is 0.0586. The summed E-state index contributed by atoms with van der Waals surface area (Å²) in [5, 5.41) is 0. The Labute approximate surface area is 104 Å². The number of thioether (sulfide) groups is 1. The van der Waals surface area contributed by atoms with Crippen LogP contribution >= 0.6 is 11.8 Å². The molecule has 0 unspecified atom stereocenters. The quantitative estimate of drug-likeness (QED) is 0.823. The fourth-order valence-corrected chi connectivity index (χ4v) is 4.23. The van der Waals surface area contributed by atoms with Gasteiger partial charge in [-0.25, -0.2) is 12.8 Å². The Balaban J connectivity index is 2.33. The third-order valence-electron chi connectivity index (χ3n) is 2.58. The second-order valence-corrected chi connectivity index (χ2v) is 6.86. The highest BCUT2D eigenvalue weighted by Crippen LogP contribution is 2.22. The second kappa shape index (κ2) is 4.83. The summed E-state index contributed by atoms with van der Waals surface area (Å²) >= 11 is 1.72. The second-order valence-electron chi connectivity index (χ2n) is 3.70. The summed E-state index contributed by atoms with van der Waals surface area (Å²) in [6.45, 7) is 0.981. The van der Waals surface area contributed by atoms with Crippen molar-refractivity contribution < 1.29 is 12.8 Å². The zero-order valence-corrected chi connectivity index (χ0v) is 10.7. The molecule has 0 aliphatic carbocycles. The first-order chi connectivity index (χ1) is 8.01. The van der Waals surface area contributed by atoms with Crippen LogP contribution in [0.4, 0.5) is 10.1 Å². The first-order valence-electron chi connectivity index (χ1n) is 5.15. The first-order valence-corrected chi connectivity index (χ1v) is 7.74. The molecule has 0 saturated carbocycles. The largest absolute Gasteiger partial charge is 0.396 e. The predicted molar refractivity (Wildman–Crippen MR) is 66.9 cm³/mol. The van der Waals surface area contributed by atoms with Crippen LogP contribution in [0.15, 0.2) is 23.1 Å². The van der Waals surface area contributed by atoms with E-state index >= 15 is 0 Å². The van der Waals surface area contributed by atoms with Gasteiger partial charge in [-0.15, -0.1) is 0 Å². The predicted octanol–water partition coefficient (Wildman–Crippen LogP) is 1.15. The van der Waals surface area contributed by atoms with Crippen LogP contribution in [0.25, 0.3) is 0 Å². The molecule has 0 bridgehead atoms. The molecule has 4 nitrogen and oxygen atoms in total. The number of nitrogens with zero attached hydrogens (tertiary/aromatic N) is 1. The Bertz CT molecular complexity index is 513. The Hall–Kier alpha value is -0.790. The summed E-state index contributed by atoms with van der Waals surface area (Å²) < 4.78 is 38.8. The third-order valence-corrected chi connectivity index (χ3v) is 5.41. The van der Waals surface area contributed by atoms with Crippen molar-refractivity contribution in [3.8, 4) is 0 Å². The number of benzene rings is 1. The van der Waals surface area contributed by atoms with Crippen molar-refractivity contribution in [1.82, 2.24) is 4.31 Å². The number of anilines is 1. The molecule has 2 N–H and O–H groups in total. The molecule has 1 aromatic rings. The SMILES string of the molecule is Nc1cc(S(=O)(=O)N2CCSCC2)ccc1F. The van der Waals surface area contributed by atoms with Crippen LogP contribution in [-0.2, 0) is 10.0 Å². The zero-order chi connectivity index (χ0) is 12.5. The molecule has 1 fully saturated rings. The topological polar surface area (TPSA) is 63.4 Å². The Kier molecular flexibility index (Phi) is 3.60. The summed E-state index contributed by atoms with van der Waals surface area (Å²) in [5.41, 5.74) is 5.24. The molecule has 2 rings (SSSR count). The van der Waals surface area contributed by atoms with E-state index in [1.54, 1.807) is 11.8 Å². The van der Waals surface area contributed by atoms with Gasteiger partial charge in [-0.2, -0.15) is 16.1 Å². The fourth-order valence-electron chi connectivity index (χ4n) is 1.62. The number of nitrogens with two attached hydrogens (primary N) is 1. The fraction of sp³-hybridized carbons (Fsp3) is 0.400. The van der Waals surface area contributed by atoms with E-state index in [1.807, 2.05) is 0 Å². The van der Waals surface area contributed by atoms with Crippen LogP contribution in [0, 0.1) is 5.82 Å². The molecule has 17 heavy (non-hydrogen) atoms. The van der Waals surface area contributed by atoms with E-state index in [0.29, 0.717) is 13.1 Å². The molecule has 1 saturated heterocycles. The van der Waals surface area contributed by atoms with Gasteiger partial charge < -0.3 is 5.73 Å². The summed E-state index contributed by atoms with van der Waals surface area (Å²) in [7, 11) is -3.53. The monoisotopic (exact) mass is 276 g/mol. The average Bonchev–Trinajstić information content (AvgIpc) is 2.33. The normalized spacial score (nSPS) is 18.2. The minimum Gasteiger partial charge on any atom is -0.396 e. The van der Waals surface area contributed by atoms with Gasteiger partial charge in [0, 0.05) is 24.6 Å². The summed E-state index contributed by atoms with van der Waals surface area (Å²) in [6, 6.07) is 3.51. The molecular formula is C10H13FN2O2S2. The van der Waals surface area contributed by atoms with Crippen LogP contribution in [0.5, 0.6) is 0 Å². The van der Waals surface area contributed by atoms with E-state index in [1.165, 1.54) is 16.4 Å². The molecule has 0 amide bonds.